The summed E-state index contributed by atoms with van der Waals surface area (Å²) in [5, 5.41) is -0.0253. The van der Waals surface area contributed by atoms with Gasteiger partial charge in [0.15, 0.2) is 6.61 Å². The third kappa shape index (κ3) is 3.61. The van der Waals surface area contributed by atoms with Crippen LogP contribution in [0.25, 0.3) is 0 Å². The Kier molecular flexibility index (Phi) is 4.63. The van der Waals surface area contributed by atoms with Crippen molar-refractivity contribution in [3.8, 4) is 5.75 Å². The predicted octanol–water partition coefficient (Wildman–Crippen LogP) is 4.67. The molecule has 0 saturated heterocycles. The Bertz CT molecular complexity index is 672. The van der Waals surface area contributed by atoms with Gasteiger partial charge in [-0.05, 0) is 44.0 Å². The summed E-state index contributed by atoms with van der Waals surface area (Å²) in [5.41, 5.74) is 3.65. The number of hydrogen-bond acceptors (Lipinski definition) is 2. The van der Waals surface area contributed by atoms with Crippen LogP contribution in [0.4, 0.5) is 4.39 Å². The molecule has 110 valence electrons. The molecular formula is C17H16ClFO2. The van der Waals surface area contributed by atoms with Gasteiger partial charge in [-0.1, -0.05) is 29.3 Å². The average Bonchev–Trinajstić information content (AvgIpc) is 2.39. The molecule has 0 aliphatic rings. The Balaban J connectivity index is 2.13. The SMILES string of the molecule is Cc1cc(C)c(C(=O)COc2ccc(F)c(Cl)c2)c(C)c1. The third-order valence-electron chi connectivity index (χ3n) is 3.22. The molecule has 0 radical (unpaired) electrons. The second-order valence-corrected chi connectivity index (χ2v) is 5.47. The van der Waals surface area contributed by atoms with E-state index in [0.29, 0.717) is 11.3 Å². The number of aryl methyl sites for hydroxylation is 3. The molecule has 0 aliphatic carbocycles. The molecule has 21 heavy (non-hydrogen) atoms. The molecule has 0 amide bonds. The van der Waals surface area contributed by atoms with E-state index in [2.05, 4.69) is 0 Å². The van der Waals surface area contributed by atoms with E-state index in [9.17, 15) is 9.18 Å². The van der Waals surface area contributed by atoms with E-state index in [0.717, 1.165) is 16.7 Å². The Morgan fingerprint density at radius 3 is 2.33 bits per heavy atom. The monoisotopic (exact) mass is 306 g/mol. The first-order valence-corrected chi connectivity index (χ1v) is 6.95. The van der Waals surface area contributed by atoms with Gasteiger partial charge in [-0.2, -0.15) is 0 Å². The molecule has 2 rings (SSSR count). The number of ketones is 1. The van der Waals surface area contributed by atoms with Crippen LogP contribution in [0.1, 0.15) is 27.0 Å². The smallest absolute Gasteiger partial charge is 0.200 e. The number of ether oxygens (including phenoxy) is 1. The van der Waals surface area contributed by atoms with Gasteiger partial charge in [0, 0.05) is 11.6 Å². The van der Waals surface area contributed by atoms with Crippen molar-refractivity contribution >= 4 is 17.4 Å². The fourth-order valence-corrected chi connectivity index (χ4v) is 2.58. The fourth-order valence-electron chi connectivity index (χ4n) is 2.41. The molecule has 0 saturated carbocycles. The van der Waals surface area contributed by atoms with Crippen molar-refractivity contribution in [2.45, 2.75) is 20.8 Å². The van der Waals surface area contributed by atoms with Gasteiger partial charge in [0.25, 0.3) is 0 Å². The van der Waals surface area contributed by atoms with Crippen LogP contribution in [0.15, 0.2) is 30.3 Å². The highest BCUT2D eigenvalue weighted by Gasteiger charge is 2.14. The molecule has 2 aromatic carbocycles. The Morgan fingerprint density at radius 2 is 1.76 bits per heavy atom. The number of benzene rings is 2. The topological polar surface area (TPSA) is 26.3 Å². The predicted molar refractivity (Wildman–Crippen MR) is 81.9 cm³/mol. The molecule has 0 aliphatic heterocycles. The highest BCUT2D eigenvalue weighted by Crippen LogP contribution is 2.22. The second kappa shape index (κ2) is 6.27. The summed E-state index contributed by atoms with van der Waals surface area (Å²) in [6.07, 6.45) is 0. The minimum atomic E-state index is -0.513. The summed E-state index contributed by atoms with van der Waals surface area (Å²) in [7, 11) is 0. The molecule has 0 atom stereocenters. The molecule has 0 N–H and O–H groups in total. The number of carbonyl (C=O) groups is 1. The van der Waals surface area contributed by atoms with E-state index in [1.54, 1.807) is 0 Å². The van der Waals surface area contributed by atoms with Gasteiger partial charge in [-0.3, -0.25) is 4.79 Å². The fraction of sp³-hybridized carbons (Fsp3) is 0.235. The molecule has 0 spiro atoms. The standard InChI is InChI=1S/C17H16ClFO2/c1-10-6-11(2)17(12(3)7-10)16(20)9-21-13-4-5-15(19)14(18)8-13/h4-8H,9H2,1-3H3. The number of halogens is 2. The first-order valence-electron chi connectivity index (χ1n) is 6.57. The van der Waals surface area contributed by atoms with Crippen LogP contribution in [0.2, 0.25) is 5.02 Å². The van der Waals surface area contributed by atoms with Crippen molar-refractivity contribution in [2.24, 2.45) is 0 Å². The second-order valence-electron chi connectivity index (χ2n) is 5.06. The first kappa shape index (κ1) is 15.5. The van der Waals surface area contributed by atoms with Crippen molar-refractivity contribution in [2.75, 3.05) is 6.61 Å². The average molecular weight is 307 g/mol. The first-order chi connectivity index (χ1) is 9.88. The molecule has 2 aromatic rings. The maximum Gasteiger partial charge on any atom is 0.200 e. The zero-order valence-electron chi connectivity index (χ0n) is 12.2. The van der Waals surface area contributed by atoms with Gasteiger partial charge < -0.3 is 4.74 Å². The molecular weight excluding hydrogens is 291 g/mol. The lowest BCUT2D eigenvalue weighted by Gasteiger charge is -2.11. The Hall–Kier alpha value is -1.87. The van der Waals surface area contributed by atoms with Crippen molar-refractivity contribution in [3.63, 3.8) is 0 Å². The third-order valence-corrected chi connectivity index (χ3v) is 3.51. The molecule has 0 heterocycles. The lowest BCUT2D eigenvalue weighted by molar-refractivity contribution is 0.0920. The lowest BCUT2D eigenvalue weighted by Crippen LogP contribution is -2.14. The van der Waals surface area contributed by atoms with E-state index >= 15 is 0 Å². The van der Waals surface area contributed by atoms with Gasteiger partial charge >= 0.3 is 0 Å². The van der Waals surface area contributed by atoms with Crippen LogP contribution in [-0.4, -0.2) is 12.4 Å². The summed E-state index contributed by atoms with van der Waals surface area (Å²) in [5.74, 6) is -0.247. The van der Waals surface area contributed by atoms with E-state index in [1.165, 1.54) is 18.2 Å². The largest absolute Gasteiger partial charge is 0.485 e. The zero-order chi connectivity index (χ0) is 15.6. The maximum atomic E-state index is 13.1. The lowest BCUT2D eigenvalue weighted by atomic mass is 9.97. The van der Waals surface area contributed by atoms with Crippen molar-refractivity contribution < 1.29 is 13.9 Å². The van der Waals surface area contributed by atoms with Gasteiger partial charge in [0.1, 0.15) is 11.6 Å². The van der Waals surface area contributed by atoms with Crippen LogP contribution in [0.5, 0.6) is 5.75 Å². The van der Waals surface area contributed by atoms with Gasteiger partial charge in [0.2, 0.25) is 5.78 Å². The van der Waals surface area contributed by atoms with Gasteiger partial charge in [0.05, 0.1) is 5.02 Å². The van der Waals surface area contributed by atoms with E-state index in [4.69, 9.17) is 16.3 Å². The van der Waals surface area contributed by atoms with Crippen molar-refractivity contribution in [1.82, 2.24) is 0 Å². The van der Waals surface area contributed by atoms with Gasteiger partial charge in [-0.15, -0.1) is 0 Å². The van der Waals surface area contributed by atoms with Gasteiger partial charge in [-0.25, -0.2) is 4.39 Å². The Labute approximate surface area is 128 Å². The highest BCUT2D eigenvalue weighted by molar-refractivity contribution is 6.30. The summed E-state index contributed by atoms with van der Waals surface area (Å²) < 4.78 is 18.4. The molecule has 0 fully saturated rings. The number of rotatable bonds is 4. The molecule has 0 aromatic heterocycles. The molecule has 4 heteroatoms. The number of carbonyl (C=O) groups excluding carboxylic acids is 1. The van der Waals surface area contributed by atoms with Crippen LogP contribution >= 0.6 is 11.6 Å². The van der Waals surface area contributed by atoms with E-state index < -0.39 is 5.82 Å². The van der Waals surface area contributed by atoms with Crippen LogP contribution in [-0.2, 0) is 0 Å². The minimum absolute atomic E-state index is 0.0253. The summed E-state index contributed by atoms with van der Waals surface area (Å²) in [6.45, 7) is 5.70. The van der Waals surface area contributed by atoms with Crippen molar-refractivity contribution in [3.05, 3.63) is 63.4 Å². The molecule has 2 nitrogen and oxygen atoms in total. The minimum Gasteiger partial charge on any atom is -0.485 e. The van der Waals surface area contributed by atoms with Crippen LogP contribution < -0.4 is 4.74 Å². The zero-order valence-corrected chi connectivity index (χ0v) is 12.9. The summed E-state index contributed by atoms with van der Waals surface area (Å²) >= 11 is 5.67. The number of Topliss-reactive ketones (excluding diaryl/α,β-unsaturated/α-hetero) is 1. The van der Waals surface area contributed by atoms with Crippen LogP contribution in [0.3, 0.4) is 0 Å². The highest BCUT2D eigenvalue weighted by atomic mass is 35.5. The normalized spacial score (nSPS) is 10.5. The van der Waals surface area contributed by atoms with Crippen molar-refractivity contribution in [1.29, 1.82) is 0 Å². The summed E-state index contributed by atoms with van der Waals surface area (Å²) in [4.78, 5) is 12.3. The van der Waals surface area contributed by atoms with E-state index in [1.807, 2.05) is 32.9 Å². The quantitative estimate of drug-likeness (QED) is 0.768. The van der Waals surface area contributed by atoms with Crippen LogP contribution in [0, 0.1) is 26.6 Å². The maximum absolute atomic E-state index is 13.1. The summed E-state index contributed by atoms with van der Waals surface area (Å²) in [6, 6.07) is 7.96. The van der Waals surface area contributed by atoms with E-state index in [-0.39, 0.29) is 17.4 Å². The molecule has 0 bridgehead atoms. The number of hydrogen-bond donors (Lipinski definition) is 0. The molecule has 0 unspecified atom stereocenters. The Morgan fingerprint density at radius 1 is 1.14 bits per heavy atom.